The second-order valence-electron chi connectivity index (χ2n) is 2.86. The Morgan fingerprint density at radius 1 is 1.20 bits per heavy atom. The van der Waals surface area contributed by atoms with E-state index in [0.29, 0.717) is 0 Å². The largest absolute Gasteiger partial charge is 0.270 e. The summed E-state index contributed by atoms with van der Waals surface area (Å²) in [4.78, 5) is 0. The zero-order chi connectivity index (χ0) is 7.94. The van der Waals surface area contributed by atoms with Crippen molar-refractivity contribution < 1.29 is 12.6 Å². The van der Waals surface area contributed by atoms with Crippen LogP contribution < -0.4 is 0 Å². The van der Waals surface area contributed by atoms with Crippen molar-refractivity contribution in [3.05, 3.63) is 0 Å². The van der Waals surface area contributed by atoms with E-state index in [0.717, 1.165) is 0 Å². The van der Waals surface area contributed by atoms with Crippen LogP contribution in [0.15, 0.2) is 0 Å². The first-order valence-corrected chi connectivity index (χ1v) is 4.84. The molecule has 0 aliphatic carbocycles. The minimum Gasteiger partial charge on any atom is -0.267 e. The number of hydrogen-bond donors (Lipinski definition) is 0. The average Bonchev–Trinajstić information content (AvgIpc) is 1.95. The molecule has 1 heterocycles. The van der Waals surface area contributed by atoms with Crippen molar-refractivity contribution in [3.8, 4) is 0 Å². The van der Waals surface area contributed by atoms with Crippen LogP contribution in [0.4, 0.5) is 0 Å². The molecule has 10 heavy (non-hydrogen) atoms. The molecule has 0 aromatic carbocycles. The first-order chi connectivity index (χ1) is 4.45. The smallest absolute Gasteiger partial charge is 0.267 e. The van der Waals surface area contributed by atoms with E-state index in [1.54, 1.807) is 13.8 Å². The first kappa shape index (κ1) is 8.01. The Labute approximate surface area is 61.5 Å². The minimum atomic E-state index is -3.22. The molecule has 3 unspecified atom stereocenters. The summed E-state index contributed by atoms with van der Waals surface area (Å²) in [6, 6.07) is 0. The lowest BCUT2D eigenvalue weighted by atomic mass is 10.0. The second-order valence-corrected chi connectivity index (χ2v) is 4.78. The first-order valence-electron chi connectivity index (χ1n) is 3.37. The summed E-state index contributed by atoms with van der Waals surface area (Å²) in [5.74, 6) is 0.116. The predicted molar refractivity (Wildman–Crippen MR) is 38.1 cm³/mol. The summed E-state index contributed by atoms with van der Waals surface area (Å²) in [5, 5.41) is -0.345. The highest BCUT2D eigenvalue weighted by atomic mass is 32.2. The summed E-state index contributed by atoms with van der Waals surface area (Å²) in [6.07, 6.45) is -0.153. The normalized spacial score (nSPS) is 45.7. The van der Waals surface area contributed by atoms with Crippen molar-refractivity contribution in [1.29, 1.82) is 0 Å². The SMILES string of the molecule is CC1OS(=O)(=O)C(C)C1C. The van der Waals surface area contributed by atoms with Gasteiger partial charge in [-0.05, 0) is 13.8 Å². The highest BCUT2D eigenvalue weighted by Gasteiger charge is 2.40. The van der Waals surface area contributed by atoms with Crippen molar-refractivity contribution >= 4 is 10.1 Å². The molecule has 1 aliphatic heterocycles. The molecule has 0 amide bonds. The van der Waals surface area contributed by atoms with Crippen molar-refractivity contribution in [1.82, 2.24) is 0 Å². The molecule has 0 aromatic heterocycles. The Balaban J connectivity index is 2.93. The summed E-state index contributed by atoms with van der Waals surface area (Å²) in [6.45, 7) is 5.36. The molecule has 0 aromatic rings. The molecule has 3 nitrogen and oxygen atoms in total. The monoisotopic (exact) mass is 164 g/mol. The fraction of sp³-hybridized carbons (Fsp3) is 1.00. The summed E-state index contributed by atoms with van der Waals surface area (Å²) >= 11 is 0. The van der Waals surface area contributed by atoms with Gasteiger partial charge in [0.2, 0.25) is 0 Å². The molecule has 1 saturated heterocycles. The molecular weight excluding hydrogens is 152 g/mol. The maximum Gasteiger partial charge on any atom is 0.270 e. The third kappa shape index (κ3) is 1.06. The van der Waals surface area contributed by atoms with Gasteiger partial charge in [0.25, 0.3) is 10.1 Å². The number of hydrogen-bond acceptors (Lipinski definition) is 3. The van der Waals surface area contributed by atoms with Crippen molar-refractivity contribution in [2.75, 3.05) is 0 Å². The maximum absolute atomic E-state index is 11.0. The van der Waals surface area contributed by atoms with E-state index in [4.69, 9.17) is 4.18 Å². The highest BCUT2D eigenvalue weighted by molar-refractivity contribution is 7.87. The molecule has 0 bridgehead atoms. The van der Waals surface area contributed by atoms with Crippen LogP contribution in [0.5, 0.6) is 0 Å². The van der Waals surface area contributed by atoms with Gasteiger partial charge in [-0.15, -0.1) is 0 Å². The molecule has 1 rings (SSSR count). The van der Waals surface area contributed by atoms with Gasteiger partial charge in [-0.25, -0.2) is 0 Å². The van der Waals surface area contributed by atoms with Gasteiger partial charge in [0.05, 0.1) is 11.4 Å². The van der Waals surface area contributed by atoms with E-state index in [1.165, 1.54) is 0 Å². The fourth-order valence-corrected chi connectivity index (χ4v) is 2.55. The van der Waals surface area contributed by atoms with Crippen LogP contribution >= 0.6 is 0 Å². The second kappa shape index (κ2) is 2.20. The standard InChI is InChI=1S/C6H12O3S/c1-4-5(2)9-10(7,8)6(4)3/h4-6H,1-3H3. The van der Waals surface area contributed by atoms with Gasteiger partial charge < -0.3 is 0 Å². The van der Waals surface area contributed by atoms with Crippen molar-refractivity contribution in [2.24, 2.45) is 5.92 Å². The van der Waals surface area contributed by atoms with Crippen LogP contribution in [-0.2, 0) is 14.3 Å². The molecule has 1 fully saturated rings. The van der Waals surface area contributed by atoms with Gasteiger partial charge in [0.1, 0.15) is 0 Å². The zero-order valence-corrected chi connectivity index (χ0v) is 7.18. The molecule has 0 N–H and O–H groups in total. The molecular formula is C6H12O3S. The molecule has 1 aliphatic rings. The van der Waals surface area contributed by atoms with Gasteiger partial charge in [0.15, 0.2) is 0 Å². The van der Waals surface area contributed by atoms with E-state index < -0.39 is 10.1 Å². The lowest BCUT2D eigenvalue weighted by molar-refractivity contribution is 0.214. The van der Waals surface area contributed by atoms with Gasteiger partial charge in [-0.2, -0.15) is 8.42 Å². The van der Waals surface area contributed by atoms with Crippen molar-refractivity contribution in [3.63, 3.8) is 0 Å². The quantitative estimate of drug-likeness (QED) is 0.496. The van der Waals surface area contributed by atoms with Crippen molar-refractivity contribution in [2.45, 2.75) is 32.1 Å². The van der Waals surface area contributed by atoms with Gasteiger partial charge in [-0.1, -0.05) is 6.92 Å². The van der Waals surface area contributed by atoms with E-state index >= 15 is 0 Å². The van der Waals surface area contributed by atoms with Crippen LogP contribution in [0.3, 0.4) is 0 Å². The maximum atomic E-state index is 11.0. The van der Waals surface area contributed by atoms with E-state index in [1.807, 2.05) is 6.92 Å². The van der Waals surface area contributed by atoms with Gasteiger partial charge >= 0.3 is 0 Å². The zero-order valence-electron chi connectivity index (χ0n) is 6.37. The Bertz CT molecular complexity index is 219. The van der Waals surface area contributed by atoms with Gasteiger partial charge in [-0.3, -0.25) is 4.18 Å². The van der Waals surface area contributed by atoms with E-state index in [2.05, 4.69) is 0 Å². The minimum absolute atomic E-state index is 0.116. The van der Waals surface area contributed by atoms with Crippen LogP contribution in [-0.4, -0.2) is 19.8 Å². The van der Waals surface area contributed by atoms with Crippen LogP contribution in [0.25, 0.3) is 0 Å². The molecule has 4 heteroatoms. The summed E-state index contributed by atoms with van der Waals surface area (Å²) in [7, 11) is -3.22. The third-order valence-corrected chi connectivity index (χ3v) is 4.13. The fourth-order valence-electron chi connectivity index (χ4n) is 1.03. The van der Waals surface area contributed by atoms with Gasteiger partial charge in [0, 0.05) is 5.92 Å². The lowest BCUT2D eigenvalue weighted by Crippen LogP contribution is -2.17. The Hall–Kier alpha value is -0.0900. The lowest BCUT2D eigenvalue weighted by Gasteiger charge is -2.05. The molecule has 60 valence electrons. The van der Waals surface area contributed by atoms with E-state index in [9.17, 15) is 8.42 Å². The summed E-state index contributed by atoms with van der Waals surface area (Å²) < 4.78 is 26.7. The van der Waals surface area contributed by atoms with Crippen LogP contribution in [0.2, 0.25) is 0 Å². The third-order valence-electron chi connectivity index (χ3n) is 2.22. The summed E-state index contributed by atoms with van der Waals surface area (Å²) in [5.41, 5.74) is 0. The Kier molecular flexibility index (Phi) is 1.76. The highest BCUT2D eigenvalue weighted by Crippen LogP contribution is 2.28. The molecule has 0 radical (unpaired) electrons. The molecule has 3 atom stereocenters. The predicted octanol–water partition coefficient (Wildman–Crippen LogP) is 0.760. The molecule has 0 saturated carbocycles. The molecule has 0 spiro atoms. The average molecular weight is 164 g/mol. The Morgan fingerprint density at radius 3 is 1.80 bits per heavy atom. The van der Waals surface area contributed by atoms with Crippen LogP contribution in [0.1, 0.15) is 20.8 Å². The Morgan fingerprint density at radius 2 is 1.70 bits per heavy atom. The number of rotatable bonds is 0. The van der Waals surface area contributed by atoms with Crippen LogP contribution in [0, 0.1) is 5.92 Å². The van der Waals surface area contributed by atoms with E-state index in [-0.39, 0.29) is 17.3 Å². The topological polar surface area (TPSA) is 43.4 Å².